The zero-order valence-corrected chi connectivity index (χ0v) is 19.8. The number of hydrogen-bond acceptors (Lipinski definition) is 8. The minimum Gasteiger partial charge on any atom is -0.478 e. The topological polar surface area (TPSA) is 85.3 Å². The van der Waals surface area contributed by atoms with E-state index in [0.29, 0.717) is 44.4 Å². The van der Waals surface area contributed by atoms with Crippen LogP contribution in [-0.4, -0.2) is 56.2 Å². The van der Waals surface area contributed by atoms with Gasteiger partial charge in [-0.15, -0.1) is 0 Å². The summed E-state index contributed by atoms with van der Waals surface area (Å²) in [5.41, 5.74) is 6.19. The molecule has 0 radical (unpaired) electrons. The second-order valence-corrected chi connectivity index (χ2v) is 8.09. The van der Waals surface area contributed by atoms with E-state index in [1.807, 2.05) is 51.1 Å². The van der Waals surface area contributed by atoms with Gasteiger partial charge in [0.15, 0.2) is 5.82 Å². The highest BCUT2D eigenvalue weighted by Crippen LogP contribution is 2.25. The standard InChI is InChI=1S/C25H34N4O4/c1-4-20(3)33-25(30)9-6-12-32-24-17-22(29-10-13-31-14-11-29)16-23(27-24)28-26-18-21-8-5-7-19(2)15-21/h5,7-8,15-18,20H,4,6,9-14H2,1-3H3,(H,27,28)/b26-18+. The van der Waals surface area contributed by atoms with Gasteiger partial charge in [0.05, 0.1) is 32.1 Å². The molecule has 1 saturated heterocycles. The maximum Gasteiger partial charge on any atom is 0.306 e. The molecule has 0 amide bonds. The van der Waals surface area contributed by atoms with Gasteiger partial charge < -0.3 is 19.1 Å². The van der Waals surface area contributed by atoms with E-state index in [1.54, 1.807) is 6.21 Å². The number of aromatic nitrogens is 1. The summed E-state index contributed by atoms with van der Waals surface area (Å²) in [5, 5.41) is 4.34. The van der Waals surface area contributed by atoms with Crippen molar-refractivity contribution in [3.8, 4) is 5.88 Å². The molecule has 1 fully saturated rings. The van der Waals surface area contributed by atoms with Crippen molar-refractivity contribution in [2.75, 3.05) is 43.2 Å². The summed E-state index contributed by atoms with van der Waals surface area (Å²) in [6.07, 6.45) is 3.40. The summed E-state index contributed by atoms with van der Waals surface area (Å²) in [7, 11) is 0. The van der Waals surface area contributed by atoms with Gasteiger partial charge in [0.1, 0.15) is 0 Å². The van der Waals surface area contributed by atoms with Crippen LogP contribution in [0.1, 0.15) is 44.2 Å². The Hall–Kier alpha value is -3.13. The number of esters is 1. The number of nitrogens with zero attached hydrogens (tertiary/aromatic N) is 3. The molecule has 8 nitrogen and oxygen atoms in total. The van der Waals surface area contributed by atoms with E-state index in [9.17, 15) is 4.79 Å². The molecule has 1 aliphatic rings. The summed E-state index contributed by atoms with van der Waals surface area (Å²) < 4.78 is 16.6. The Morgan fingerprint density at radius 2 is 2.12 bits per heavy atom. The number of aryl methyl sites for hydroxylation is 1. The van der Waals surface area contributed by atoms with Gasteiger partial charge in [-0.2, -0.15) is 10.1 Å². The number of hydrogen-bond donors (Lipinski definition) is 1. The molecular formula is C25H34N4O4. The second kappa shape index (κ2) is 12.8. The fourth-order valence-corrected chi connectivity index (χ4v) is 3.31. The first kappa shape index (κ1) is 24.5. The van der Waals surface area contributed by atoms with Crippen molar-refractivity contribution in [1.29, 1.82) is 0 Å². The molecule has 178 valence electrons. The van der Waals surface area contributed by atoms with Crippen molar-refractivity contribution in [3.63, 3.8) is 0 Å². The average Bonchev–Trinajstić information content (AvgIpc) is 2.82. The first-order chi connectivity index (χ1) is 16.0. The van der Waals surface area contributed by atoms with Crippen LogP contribution in [0.15, 0.2) is 41.5 Å². The van der Waals surface area contributed by atoms with Crippen LogP contribution in [-0.2, 0) is 14.3 Å². The summed E-state index contributed by atoms with van der Waals surface area (Å²) >= 11 is 0. The van der Waals surface area contributed by atoms with E-state index < -0.39 is 0 Å². The molecule has 1 aliphatic heterocycles. The monoisotopic (exact) mass is 454 g/mol. The second-order valence-electron chi connectivity index (χ2n) is 8.09. The SMILES string of the molecule is CCC(C)OC(=O)CCCOc1cc(N2CCOCC2)cc(N/N=C/c2cccc(C)c2)n1. The number of benzene rings is 1. The highest BCUT2D eigenvalue weighted by molar-refractivity contribution is 5.80. The van der Waals surface area contributed by atoms with Gasteiger partial charge in [-0.05, 0) is 32.3 Å². The normalized spacial score (nSPS) is 14.8. The number of ether oxygens (including phenoxy) is 3. The summed E-state index contributed by atoms with van der Waals surface area (Å²) in [4.78, 5) is 18.6. The summed E-state index contributed by atoms with van der Waals surface area (Å²) in [6.45, 7) is 9.28. The molecular weight excluding hydrogens is 420 g/mol. The van der Waals surface area contributed by atoms with Crippen LogP contribution in [0.4, 0.5) is 11.5 Å². The maximum absolute atomic E-state index is 11.9. The Balaban J connectivity index is 1.62. The van der Waals surface area contributed by atoms with Gasteiger partial charge in [-0.3, -0.25) is 10.2 Å². The Labute approximate surface area is 195 Å². The van der Waals surface area contributed by atoms with E-state index >= 15 is 0 Å². The van der Waals surface area contributed by atoms with Crippen LogP contribution in [0.5, 0.6) is 5.88 Å². The third kappa shape index (κ3) is 8.38. The average molecular weight is 455 g/mol. The predicted octanol–water partition coefficient (Wildman–Crippen LogP) is 4.17. The maximum atomic E-state index is 11.9. The molecule has 2 aromatic rings. The fraction of sp³-hybridized carbons (Fsp3) is 0.480. The van der Waals surface area contributed by atoms with Crippen LogP contribution in [0.3, 0.4) is 0 Å². The highest BCUT2D eigenvalue weighted by atomic mass is 16.5. The molecule has 0 saturated carbocycles. The van der Waals surface area contributed by atoms with Crippen LogP contribution >= 0.6 is 0 Å². The lowest BCUT2D eigenvalue weighted by Gasteiger charge is -2.29. The first-order valence-electron chi connectivity index (χ1n) is 11.6. The molecule has 0 bridgehead atoms. The van der Waals surface area contributed by atoms with Crippen LogP contribution in [0, 0.1) is 6.92 Å². The molecule has 8 heteroatoms. The number of carbonyl (C=O) groups excluding carboxylic acids is 1. The molecule has 33 heavy (non-hydrogen) atoms. The summed E-state index contributed by atoms with van der Waals surface area (Å²) in [6, 6.07) is 12.0. The van der Waals surface area contributed by atoms with Gasteiger partial charge in [0.25, 0.3) is 0 Å². The quantitative estimate of drug-likeness (QED) is 0.236. The number of carbonyl (C=O) groups is 1. The highest BCUT2D eigenvalue weighted by Gasteiger charge is 2.14. The molecule has 1 aromatic carbocycles. The largest absolute Gasteiger partial charge is 0.478 e. The number of anilines is 2. The van der Waals surface area contributed by atoms with E-state index in [0.717, 1.165) is 30.8 Å². The Morgan fingerprint density at radius 1 is 1.30 bits per heavy atom. The summed E-state index contributed by atoms with van der Waals surface area (Å²) in [5.74, 6) is 0.882. The smallest absolute Gasteiger partial charge is 0.306 e. The van der Waals surface area contributed by atoms with Crippen LogP contribution in [0.2, 0.25) is 0 Å². The Bertz CT molecular complexity index is 928. The Morgan fingerprint density at radius 3 is 2.88 bits per heavy atom. The third-order valence-corrected chi connectivity index (χ3v) is 5.28. The van der Waals surface area contributed by atoms with Crippen LogP contribution < -0.4 is 15.1 Å². The Kier molecular flexibility index (Phi) is 9.50. The lowest BCUT2D eigenvalue weighted by molar-refractivity contribution is -0.148. The number of hydrazone groups is 1. The third-order valence-electron chi connectivity index (χ3n) is 5.28. The van der Waals surface area contributed by atoms with Crippen molar-refractivity contribution >= 4 is 23.7 Å². The molecule has 3 rings (SSSR count). The molecule has 2 heterocycles. The predicted molar refractivity (Wildman–Crippen MR) is 130 cm³/mol. The number of pyridine rings is 1. The molecule has 1 N–H and O–H groups in total. The van der Waals surface area contributed by atoms with Crippen molar-refractivity contribution in [2.24, 2.45) is 5.10 Å². The fourth-order valence-electron chi connectivity index (χ4n) is 3.31. The number of rotatable bonds is 11. The van der Waals surface area contributed by atoms with Crippen molar-refractivity contribution < 1.29 is 19.0 Å². The first-order valence-corrected chi connectivity index (χ1v) is 11.6. The number of nitrogens with one attached hydrogen (secondary N) is 1. The molecule has 1 aromatic heterocycles. The molecule has 1 unspecified atom stereocenters. The molecule has 1 atom stereocenters. The van der Waals surface area contributed by atoms with Gasteiger partial charge >= 0.3 is 5.97 Å². The van der Waals surface area contributed by atoms with Crippen LogP contribution in [0.25, 0.3) is 0 Å². The molecule has 0 spiro atoms. The van der Waals surface area contributed by atoms with Crippen molar-refractivity contribution in [3.05, 3.63) is 47.5 Å². The van der Waals surface area contributed by atoms with E-state index in [1.165, 1.54) is 5.56 Å². The zero-order valence-electron chi connectivity index (χ0n) is 19.8. The van der Waals surface area contributed by atoms with Crippen molar-refractivity contribution in [2.45, 2.75) is 46.1 Å². The van der Waals surface area contributed by atoms with E-state index in [2.05, 4.69) is 26.5 Å². The lowest BCUT2D eigenvalue weighted by atomic mass is 10.2. The van der Waals surface area contributed by atoms with E-state index in [4.69, 9.17) is 14.2 Å². The van der Waals surface area contributed by atoms with Gasteiger partial charge in [0, 0.05) is 37.3 Å². The number of morpholine rings is 1. The lowest BCUT2D eigenvalue weighted by Crippen LogP contribution is -2.36. The molecule has 0 aliphatic carbocycles. The van der Waals surface area contributed by atoms with Gasteiger partial charge in [0.2, 0.25) is 5.88 Å². The van der Waals surface area contributed by atoms with E-state index in [-0.39, 0.29) is 12.1 Å². The van der Waals surface area contributed by atoms with Crippen molar-refractivity contribution in [1.82, 2.24) is 4.98 Å². The minimum absolute atomic E-state index is 0.0562. The van der Waals surface area contributed by atoms with Gasteiger partial charge in [-0.1, -0.05) is 36.8 Å². The zero-order chi connectivity index (χ0) is 23.5. The minimum atomic E-state index is -0.198. The van der Waals surface area contributed by atoms with Gasteiger partial charge in [-0.25, -0.2) is 0 Å².